The van der Waals surface area contributed by atoms with Gasteiger partial charge in [-0.3, -0.25) is 9.59 Å². The highest BCUT2D eigenvalue weighted by Crippen LogP contribution is 2.10. The highest BCUT2D eigenvalue weighted by molar-refractivity contribution is 7.10. The maximum atomic E-state index is 11.6. The fraction of sp³-hybridized carbons (Fsp3) is 0.750. The van der Waals surface area contributed by atoms with E-state index in [0.717, 1.165) is 24.4 Å². The quantitative estimate of drug-likeness (QED) is 0.450. The number of unbranched alkanes of at least 4 members (excludes halogenated alkanes) is 9. The van der Waals surface area contributed by atoms with Crippen molar-refractivity contribution in [2.24, 2.45) is 0 Å². The standard InChI is InChI=1S/C16H28N4O2S/c1-2-3-4-5-6-7-8-9-10-11-12-17-15(21)16(22)19-14-13-18-20-23-14/h13H,2-12H2,1H3,(H,17,21)(H,19,22). The van der Waals surface area contributed by atoms with Crippen molar-refractivity contribution in [2.45, 2.75) is 71.1 Å². The van der Waals surface area contributed by atoms with Gasteiger partial charge in [-0.15, -0.1) is 5.10 Å². The van der Waals surface area contributed by atoms with E-state index in [1.807, 2.05) is 0 Å². The number of nitrogens with one attached hydrogen (secondary N) is 2. The molecule has 130 valence electrons. The summed E-state index contributed by atoms with van der Waals surface area (Å²) in [5, 5.41) is 9.15. The first-order valence-electron chi connectivity index (χ1n) is 8.60. The molecule has 23 heavy (non-hydrogen) atoms. The average Bonchev–Trinajstić information content (AvgIpc) is 3.05. The highest BCUT2D eigenvalue weighted by Gasteiger charge is 2.13. The van der Waals surface area contributed by atoms with Gasteiger partial charge >= 0.3 is 11.8 Å². The van der Waals surface area contributed by atoms with Crippen molar-refractivity contribution in [3.63, 3.8) is 0 Å². The summed E-state index contributed by atoms with van der Waals surface area (Å²) in [6.07, 6.45) is 13.9. The SMILES string of the molecule is CCCCCCCCCCCCNC(=O)C(=O)Nc1cnns1. The third-order valence-electron chi connectivity index (χ3n) is 3.62. The zero-order chi connectivity index (χ0) is 16.8. The third kappa shape index (κ3) is 9.99. The number of rotatable bonds is 12. The summed E-state index contributed by atoms with van der Waals surface area (Å²) in [5.41, 5.74) is 0. The van der Waals surface area contributed by atoms with Crippen molar-refractivity contribution < 1.29 is 9.59 Å². The van der Waals surface area contributed by atoms with Crippen molar-refractivity contribution in [2.75, 3.05) is 11.9 Å². The predicted octanol–water partition coefficient (Wildman–Crippen LogP) is 3.51. The van der Waals surface area contributed by atoms with Gasteiger partial charge in [-0.1, -0.05) is 69.2 Å². The molecule has 0 aromatic carbocycles. The van der Waals surface area contributed by atoms with E-state index in [1.54, 1.807) is 0 Å². The molecule has 0 saturated carbocycles. The minimum absolute atomic E-state index is 0.476. The number of amides is 2. The lowest BCUT2D eigenvalue weighted by atomic mass is 10.1. The molecule has 2 amide bonds. The molecule has 0 spiro atoms. The number of nitrogens with zero attached hydrogens (tertiary/aromatic N) is 2. The summed E-state index contributed by atoms with van der Waals surface area (Å²) in [4.78, 5) is 23.1. The van der Waals surface area contributed by atoms with E-state index in [1.165, 1.54) is 57.6 Å². The maximum Gasteiger partial charge on any atom is 0.314 e. The van der Waals surface area contributed by atoms with E-state index in [0.29, 0.717) is 11.5 Å². The van der Waals surface area contributed by atoms with Crippen molar-refractivity contribution in [1.29, 1.82) is 0 Å². The van der Waals surface area contributed by atoms with Crippen LogP contribution >= 0.6 is 11.5 Å². The van der Waals surface area contributed by atoms with Gasteiger partial charge in [0.15, 0.2) is 0 Å². The molecule has 1 heterocycles. The summed E-state index contributed by atoms with van der Waals surface area (Å²) in [5.74, 6) is -1.27. The molecule has 6 nitrogen and oxygen atoms in total. The van der Waals surface area contributed by atoms with Gasteiger partial charge in [0.25, 0.3) is 0 Å². The molecule has 0 bridgehead atoms. The Labute approximate surface area is 142 Å². The first kappa shape index (κ1) is 19.5. The van der Waals surface area contributed by atoms with Crippen LogP contribution in [-0.4, -0.2) is 27.9 Å². The Bertz CT molecular complexity index is 437. The maximum absolute atomic E-state index is 11.6. The van der Waals surface area contributed by atoms with Crippen LogP contribution in [0.2, 0.25) is 0 Å². The van der Waals surface area contributed by atoms with Gasteiger partial charge in [0.1, 0.15) is 5.00 Å². The molecular formula is C16H28N4O2S. The second-order valence-corrected chi connectivity index (χ2v) is 6.46. The number of anilines is 1. The number of aromatic nitrogens is 2. The normalized spacial score (nSPS) is 10.5. The number of carbonyl (C=O) groups is 2. The Morgan fingerprint density at radius 2 is 1.57 bits per heavy atom. The number of hydrogen-bond donors (Lipinski definition) is 2. The van der Waals surface area contributed by atoms with Gasteiger partial charge in [0, 0.05) is 18.1 Å². The van der Waals surface area contributed by atoms with E-state index < -0.39 is 11.8 Å². The first-order chi connectivity index (χ1) is 11.2. The summed E-state index contributed by atoms with van der Waals surface area (Å²) in [6.45, 7) is 2.78. The zero-order valence-corrected chi connectivity index (χ0v) is 14.8. The summed E-state index contributed by atoms with van der Waals surface area (Å²) < 4.78 is 3.61. The number of hydrogen-bond acceptors (Lipinski definition) is 5. The van der Waals surface area contributed by atoms with Crippen LogP contribution in [0.15, 0.2) is 6.20 Å². The van der Waals surface area contributed by atoms with Crippen LogP contribution in [0, 0.1) is 0 Å². The smallest absolute Gasteiger partial charge is 0.314 e. The average molecular weight is 340 g/mol. The van der Waals surface area contributed by atoms with Gasteiger partial charge in [0.2, 0.25) is 0 Å². The molecule has 0 radical (unpaired) electrons. The van der Waals surface area contributed by atoms with Crippen molar-refractivity contribution >= 4 is 28.3 Å². The van der Waals surface area contributed by atoms with E-state index in [2.05, 4.69) is 27.1 Å². The lowest BCUT2D eigenvalue weighted by Gasteiger charge is -2.05. The van der Waals surface area contributed by atoms with Crippen LogP contribution in [0.3, 0.4) is 0 Å². The van der Waals surface area contributed by atoms with Crippen molar-refractivity contribution in [1.82, 2.24) is 14.9 Å². The van der Waals surface area contributed by atoms with Crippen LogP contribution < -0.4 is 10.6 Å². The summed E-state index contributed by atoms with van der Waals surface area (Å²) >= 11 is 1.04. The molecule has 1 aromatic heterocycles. The van der Waals surface area contributed by atoms with E-state index in [-0.39, 0.29) is 0 Å². The van der Waals surface area contributed by atoms with Gasteiger partial charge in [-0.25, -0.2) is 0 Å². The molecule has 2 N–H and O–H groups in total. The summed E-state index contributed by atoms with van der Waals surface area (Å²) in [6, 6.07) is 0. The molecule has 0 aliphatic heterocycles. The first-order valence-corrected chi connectivity index (χ1v) is 9.38. The van der Waals surface area contributed by atoms with Crippen LogP contribution in [0.4, 0.5) is 5.00 Å². The largest absolute Gasteiger partial charge is 0.348 e. The fourth-order valence-electron chi connectivity index (χ4n) is 2.29. The molecule has 0 aliphatic rings. The summed E-state index contributed by atoms with van der Waals surface area (Å²) in [7, 11) is 0. The molecule has 0 aliphatic carbocycles. The Morgan fingerprint density at radius 3 is 2.13 bits per heavy atom. The lowest BCUT2D eigenvalue weighted by molar-refractivity contribution is -0.136. The van der Waals surface area contributed by atoms with E-state index in [4.69, 9.17) is 0 Å². The Hall–Kier alpha value is -1.50. The predicted molar refractivity (Wildman–Crippen MR) is 93.4 cm³/mol. The Balaban J connectivity index is 1.90. The van der Waals surface area contributed by atoms with Gasteiger partial charge in [-0.05, 0) is 6.42 Å². The zero-order valence-electron chi connectivity index (χ0n) is 14.0. The third-order valence-corrected chi connectivity index (χ3v) is 4.20. The molecule has 0 atom stereocenters. The molecule has 1 rings (SSSR count). The van der Waals surface area contributed by atoms with Crippen molar-refractivity contribution in [3.8, 4) is 0 Å². The highest BCUT2D eigenvalue weighted by atomic mass is 32.1. The minimum atomic E-state index is -0.664. The van der Waals surface area contributed by atoms with Crippen LogP contribution in [0.1, 0.15) is 71.1 Å². The monoisotopic (exact) mass is 340 g/mol. The topological polar surface area (TPSA) is 84.0 Å². The lowest BCUT2D eigenvalue weighted by Crippen LogP contribution is -2.35. The van der Waals surface area contributed by atoms with Gasteiger partial charge < -0.3 is 10.6 Å². The molecule has 1 aromatic rings. The van der Waals surface area contributed by atoms with Gasteiger partial charge in [-0.2, -0.15) is 0 Å². The van der Waals surface area contributed by atoms with Crippen molar-refractivity contribution in [3.05, 3.63) is 6.20 Å². The minimum Gasteiger partial charge on any atom is -0.348 e. The molecular weight excluding hydrogens is 312 g/mol. The molecule has 0 unspecified atom stereocenters. The van der Waals surface area contributed by atoms with E-state index >= 15 is 0 Å². The fourth-order valence-corrected chi connectivity index (χ4v) is 2.70. The second kappa shape index (κ2) is 13.0. The van der Waals surface area contributed by atoms with E-state index in [9.17, 15) is 9.59 Å². The number of carbonyl (C=O) groups excluding carboxylic acids is 2. The second-order valence-electron chi connectivity index (χ2n) is 5.67. The van der Waals surface area contributed by atoms with Gasteiger partial charge in [0.05, 0.1) is 6.20 Å². The molecule has 0 saturated heterocycles. The van der Waals surface area contributed by atoms with Crippen LogP contribution in [0.5, 0.6) is 0 Å². The Morgan fingerprint density at radius 1 is 0.957 bits per heavy atom. The molecule has 0 fully saturated rings. The Kier molecular flexibility index (Phi) is 11.0. The molecule has 7 heteroatoms. The van der Waals surface area contributed by atoms with Crippen LogP contribution in [-0.2, 0) is 9.59 Å². The van der Waals surface area contributed by atoms with Crippen LogP contribution in [0.25, 0.3) is 0 Å².